The van der Waals surface area contributed by atoms with Gasteiger partial charge in [-0.05, 0) is 41.5 Å². The van der Waals surface area contributed by atoms with Gasteiger partial charge in [-0.25, -0.2) is 4.39 Å². The fourth-order valence-corrected chi connectivity index (χ4v) is 3.74. The molecule has 2 aromatic rings. The van der Waals surface area contributed by atoms with Crippen molar-refractivity contribution in [2.45, 2.75) is 17.0 Å². The molecule has 0 saturated carbocycles. The average molecular weight is 548 g/mol. The minimum absolute atomic E-state index is 0. The zero-order valence-corrected chi connectivity index (χ0v) is 19.2. The van der Waals surface area contributed by atoms with Crippen LogP contribution in [0.2, 0.25) is 5.02 Å². The highest BCUT2D eigenvalue weighted by Crippen LogP contribution is 2.19. The first kappa shape index (κ1) is 24.7. The Morgan fingerprint density at radius 3 is 2.59 bits per heavy atom. The van der Waals surface area contributed by atoms with Gasteiger partial charge >= 0.3 is 0 Å². The fraction of sp³-hybridized carbons (Fsp3) is 0.368. The monoisotopic (exact) mass is 546 g/mol. The largest absolute Gasteiger partial charge is 0.493 e. The molecule has 1 saturated heterocycles. The van der Waals surface area contributed by atoms with Crippen LogP contribution in [0.5, 0.6) is 5.75 Å². The van der Waals surface area contributed by atoms with Gasteiger partial charge in [0.05, 0.1) is 10.7 Å². The molecule has 1 heterocycles. The maximum atomic E-state index is 14.4. The van der Waals surface area contributed by atoms with E-state index in [9.17, 15) is 4.39 Å². The molecular formula is C19H23Cl3FIN2O. The van der Waals surface area contributed by atoms with E-state index >= 15 is 0 Å². The van der Waals surface area contributed by atoms with E-state index in [1.54, 1.807) is 18.2 Å². The molecule has 1 unspecified atom stereocenters. The number of halogens is 5. The van der Waals surface area contributed by atoms with Gasteiger partial charge in [0.2, 0.25) is 0 Å². The Bertz CT molecular complexity index is 706. The van der Waals surface area contributed by atoms with Crippen LogP contribution in [0.15, 0.2) is 42.5 Å². The van der Waals surface area contributed by atoms with Crippen LogP contribution in [0, 0.1) is 5.82 Å². The van der Waals surface area contributed by atoms with Crippen LogP contribution >= 0.6 is 59.0 Å². The van der Waals surface area contributed by atoms with E-state index in [-0.39, 0.29) is 30.6 Å². The number of nitrogens with zero attached hydrogens (tertiary/aromatic N) is 1. The minimum atomic E-state index is -0.155. The van der Waals surface area contributed by atoms with Gasteiger partial charge in [-0.1, -0.05) is 46.3 Å². The molecule has 0 spiro atoms. The second kappa shape index (κ2) is 12.3. The zero-order chi connectivity index (χ0) is 17.6. The molecular weight excluding hydrogens is 524 g/mol. The van der Waals surface area contributed by atoms with E-state index in [0.29, 0.717) is 27.7 Å². The van der Waals surface area contributed by atoms with E-state index in [1.807, 2.05) is 24.3 Å². The molecule has 2 aromatic carbocycles. The maximum Gasteiger partial charge on any atom is 0.126 e. The van der Waals surface area contributed by atoms with Crippen molar-refractivity contribution in [3.8, 4) is 5.75 Å². The normalized spacial score (nSPS) is 16.9. The Morgan fingerprint density at radius 1 is 1.19 bits per heavy atom. The molecule has 1 atom stereocenters. The third-order valence-electron chi connectivity index (χ3n) is 4.24. The van der Waals surface area contributed by atoms with Crippen LogP contribution in [0.25, 0.3) is 0 Å². The minimum Gasteiger partial charge on any atom is -0.493 e. The lowest BCUT2D eigenvalue weighted by atomic mass is 10.1. The number of nitrogens with one attached hydrogen (secondary N) is 1. The summed E-state index contributed by atoms with van der Waals surface area (Å²) in [5, 5.41) is 4.04. The summed E-state index contributed by atoms with van der Waals surface area (Å²) in [6.45, 7) is 4.18. The second-order valence-corrected chi connectivity index (χ2v) is 7.96. The highest BCUT2D eigenvalue weighted by Gasteiger charge is 2.19. The van der Waals surface area contributed by atoms with E-state index in [1.165, 1.54) is 0 Å². The van der Waals surface area contributed by atoms with Crippen LogP contribution in [-0.2, 0) is 13.0 Å². The Morgan fingerprint density at radius 2 is 1.93 bits per heavy atom. The van der Waals surface area contributed by atoms with E-state index in [0.717, 1.165) is 37.5 Å². The summed E-state index contributed by atoms with van der Waals surface area (Å²) in [6.07, 6.45) is 0.539. The summed E-state index contributed by atoms with van der Waals surface area (Å²) in [7, 11) is 0. The van der Waals surface area contributed by atoms with Crippen LogP contribution in [0.4, 0.5) is 4.39 Å². The van der Waals surface area contributed by atoms with Crippen molar-refractivity contribution in [3.05, 3.63) is 64.4 Å². The summed E-state index contributed by atoms with van der Waals surface area (Å²) in [5.74, 6) is 0.588. The summed E-state index contributed by atoms with van der Waals surface area (Å²) >= 11 is 8.28. The Balaban J connectivity index is 0.00000182. The summed E-state index contributed by atoms with van der Waals surface area (Å²) in [4.78, 5) is 2.37. The quantitative estimate of drug-likeness (QED) is 0.309. The Labute approximate surface area is 190 Å². The molecule has 150 valence electrons. The van der Waals surface area contributed by atoms with Gasteiger partial charge in [-0.2, -0.15) is 0 Å². The highest BCUT2D eigenvalue weighted by molar-refractivity contribution is 14.1. The lowest BCUT2D eigenvalue weighted by Crippen LogP contribution is -2.47. The molecule has 0 aromatic heterocycles. The van der Waals surface area contributed by atoms with Gasteiger partial charge in [0.15, 0.2) is 0 Å². The van der Waals surface area contributed by atoms with Crippen LogP contribution in [0.3, 0.4) is 0 Å². The lowest BCUT2D eigenvalue weighted by Gasteiger charge is -2.32. The smallest absolute Gasteiger partial charge is 0.126 e. The highest BCUT2D eigenvalue weighted by atomic mass is 127. The molecule has 0 radical (unpaired) electrons. The number of hydrogen-bond acceptors (Lipinski definition) is 3. The van der Waals surface area contributed by atoms with Gasteiger partial charge in [0.25, 0.3) is 0 Å². The Kier molecular flexibility index (Phi) is 11.3. The van der Waals surface area contributed by atoms with E-state index < -0.39 is 0 Å². The number of rotatable bonds is 6. The summed E-state index contributed by atoms with van der Waals surface area (Å²) in [5.41, 5.74) is 1.70. The predicted molar refractivity (Wildman–Crippen MR) is 123 cm³/mol. The number of benzene rings is 2. The standard InChI is InChI=1S/C19H21ClFIN2O.2ClH/c20-16-3-5-17(6-4-16)25-10-7-15-2-1-14(11-18(15)21)13-24-9-8-23-12-19(24)22;;/h1-6,11,19,23H,7-10,12-13H2;2*1H. The first-order valence-corrected chi connectivity index (χ1v) is 9.99. The van der Waals surface area contributed by atoms with E-state index in [2.05, 4.69) is 32.8 Å². The molecule has 1 N–H and O–H groups in total. The third-order valence-corrected chi connectivity index (χ3v) is 5.72. The van der Waals surface area contributed by atoms with Crippen molar-refractivity contribution in [1.82, 2.24) is 10.2 Å². The summed E-state index contributed by atoms with van der Waals surface area (Å²) < 4.78 is 20.5. The van der Waals surface area contributed by atoms with E-state index in [4.69, 9.17) is 16.3 Å². The SMILES string of the molecule is Cl.Cl.Fc1cc(CN2CCNCC2I)ccc1CCOc1ccc(Cl)cc1. The van der Waals surface area contributed by atoms with Crippen molar-refractivity contribution < 1.29 is 9.13 Å². The summed E-state index contributed by atoms with van der Waals surface area (Å²) in [6, 6.07) is 12.7. The maximum absolute atomic E-state index is 14.4. The van der Waals surface area contributed by atoms with Gasteiger partial charge in [0, 0.05) is 37.6 Å². The number of piperazine rings is 1. The van der Waals surface area contributed by atoms with Gasteiger partial charge in [-0.3, -0.25) is 4.90 Å². The molecule has 1 fully saturated rings. The molecule has 8 heteroatoms. The molecule has 3 nitrogen and oxygen atoms in total. The second-order valence-electron chi connectivity index (χ2n) is 6.09. The third kappa shape index (κ3) is 7.55. The fourth-order valence-electron chi connectivity index (χ4n) is 2.83. The molecule has 0 amide bonds. The average Bonchev–Trinajstić information content (AvgIpc) is 2.60. The van der Waals surface area contributed by atoms with Crippen molar-refractivity contribution >= 4 is 59.0 Å². The predicted octanol–water partition coefficient (Wildman–Crippen LogP) is 5.11. The van der Waals surface area contributed by atoms with Gasteiger partial charge in [0.1, 0.15) is 11.6 Å². The van der Waals surface area contributed by atoms with Gasteiger partial charge < -0.3 is 10.1 Å². The molecule has 1 aliphatic heterocycles. The van der Waals surface area contributed by atoms with Crippen LogP contribution < -0.4 is 10.1 Å². The Hall–Kier alpha value is -0.310. The number of ether oxygens (including phenoxy) is 1. The number of alkyl halides is 1. The van der Waals surface area contributed by atoms with Crippen molar-refractivity contribution in [2.75, 3.05) is 26.2 Å². The molecule has 0 bridgehead atoms. The molecule has 0 aliphatic carbocycles. The molecule has 3 rings (SSSR count). The molecule has 27 heavy (non-hydrogen) atoms. The van der Waals surface area contributed by atoms with Gasteiger partial charge in [-0.15, -0.1) is 24.8 Å². The number of hydrogen-bond donors (Lipinski definition) is 1. The molecule has 1 aliphatic rings. The van der Waals surface area contributed by atoms with Crippen molar-refractivity contribution in [2.24, 2.45) is 0 Å². The zero-order valence-electron chi connectivity index (χ0n) is 14.7. The lowest BCUT2D eigenvalue weighted by molar-refractivity contribution is 0.220. The first-order chi connectivity index (χ1) is 12.1. The first-order valence-electron chi connectivity index (χ1n) is 8.36. The topological polar surface area (TPSA) is 24.5 Å². The van der Waals surface area contributed by atoms with Crippen molar-refractivity contribution in [3.63, 3.8) is 0 Å². The van der Waals surface area contributed by atoms with Crippen LogP contribution in [0.1, 0.15) is 11.1 Å². The van der Waals surface area contributed by atoms with Crippen LogP contribution in [-0.4, -0.2) is 35.2 Å². The van der Waals surface area contributed by atoms with Crippen molar-refractivity contribution in [1.29, 1.82) is 0 Å².